The number of fused-ring (bicyclic) bond motifs is 1. The SMILES string of the molecule is CC1(C)CC(=O)c2c(Cc3ccc(C#N)cc3)n[nH]c2C1. The molecule has 0 radical (unpaired) electrons. The summed E-state index contributed by atoms with van der Waals surface area (Å²) in [4.78, 5) is 12.4. The molecule has 1 aromatic heterocycles. The maximum Gasteiger partial charge on any atom is 0.167 e. The molecule has 0 atom stereocenters. The third-order valence-corrected chi connectivity index (χ3v) is 3.94. The molecule has 1 N–H and O–H groups in total. The van der Waals surface area contributed by atoms with Crippen molar-refractivity contribution in [2.24, 2.45) is 5.41 Å². The van der Waals surface area contributed by atoms with Gasteiger partial charge >= 0.3 is 0 Å². The fourth-order valence-corrected chi connectivity index (χ4v) is 2.96. The summed E-state index contributed by atoms with van der Waals surface area (Å²) in [5.74, 6) is 0.179. The van der Waals surface area contributed by atoms with Crippen LogP contribution in [0.3, 0.4) is 0 Å². The summed E-state index contributed by atoms with van der Waals surface area (Å²) in [6.45, 7) is 4.21. The van der Waals surface area contributed by atoms with Crippen molar-refractivity contribution in [3.8, 4) is 6.07 Å². The van der Waals surface area contributed by atoms with Crippen LogP contribution in [0.2, 0.25) is 0 Å². The number of H-pyrrole nitrogens is 1. The number of nitriles is 1. The molecule has 0 saturated heterocycles. The highest BCUT2D eigenvalue weighted by molar-refractivity contribution is 5.99. The minimum absolute atomic E-state index is 0.00231. The van der Waals surface area contributed by atoms with E-state index in [0.717, 1.165) is 28.9 Å². The monoisotopic (exact) mass is 279 g/mol. The predicted octanol–water partition coefficient (Wildman–Crippen LogP) is 3.03. The average Bonchev–Trinajstić information content (AvgIpc) is 2.81. The summed E-state index contributed by atoms with van der Waals surface area (Å²) in [6.07, 6.45) is 2.04. The Hall–Kier alpha value is -2.41. The summed E-state index contributed by atoms with van der Waals surface area (Å²) in [6, 6.07) is 9.51. The molecule has 0 amide bonds. The van der Waals surface area contributed by atoms with Gasteiger partial charge in [-0.3, -0.25) is 9.89 Å². The van der Waals surface area contributed by atoms with Gasteiger partial charge in [0, 0.05) is 18.5 Å². The second kappa shape index (κ2) is 4.85. The molecule has 1 heterocycles. The molecule has 0 spiro atoms. The molecule has 0 fully saturated rings. The van der Waals surface area contributed by atoms with Crippen LogP contribution in [0.4, 0.5) is 0 Å². The summed E-state index contributed by atoms with van der Waals surface area (Å²) >= 11 is 0. The third kappa shape index (κ3) is 2.59. The molecular weight excluding hydrogens is 262 g/mol. The van der Waals surface area contributed by atoms with Crippen LogP contribution in [0.15, 0.2) is 24.3 Å². The Labute approximate surface area is 123 Å². The van der Waals surface area contributed by atoms with Crippen molar-refractivity contribution < 1.29 is 4.79 Å². The number of Topliss-reactive ketones (excluding diaryl/α,β-unsaturated/α-hetero) is 1. The number of nitrogens with zero attached hydrogens (tertiary/aromatic N) is 2. The second-order valence-electron chi connectivity index (χ2n) is 6.45. The number of aromatic amines is 1. The van der Waals surface area contributed by atoms with E-state index >= 15 is 0 Å². The predicted molar refractivity (Wildman–Crippen MR) is 79.0 cm³/mol. The zero-order valence-electron chi connectivity index (χ0n) is 12.2. The molecule has 0 aliphatic heterocycles. The van der Waals surface area contributed by atoms with Crippen LogP contribution >= 0.6 is 0 Å². The molecule has 21 heavy (non-hydrogen) atoms. The summed E-state index contributed by atoms with van der Waals surface area (Å²) < 4.78 is 0. The molecule has 1 aliphatic rings. The molecular formula is C17H17N3O. The molecule has 0 saturated carbocycles. The first kappa shape index (κ1) is 13.6. The molecule has 4 heteroatoms. The van der Waals surface area contributed by atoms with Gasteiger partial charge in [0.2, 0.25) is 0 Å². The zero-order chi connectivity index (χ0) is 15.0. The molecule has 1 aromatic carbocycles. The van der Waals surface area contributed by atoms with E-state index in [1.807, 2.05) is 12.1 Å². The molecule has 2 aromatic rings. The van der Waals surface area contributed by atoms with Gasteiger partial charge in [0.25, 0.3) is 0 Å². The van der Waals surface area contributed by atoms with Crippen molar-refractivity contribution in [2.75, 3.05) is 0 Å². The number of ketones is 1. The Morgan fingerprint density at radius 1 is 1.29 bits per heavy atom. The summed E-state index contributed by atoms with van der Waals surface area (Å²) in [7, 11) is 0. The quantitative estimate of drug-likeness (QED) is 0.918. The van der Waals surface area contributed by atoms with Crippen LogP contribution in [-0.2, 0) is 12.8 Å². The van der Waals surface area contributed by atoms with E-state index in [2.05, 4.69) is 30.1 Å². The minimum Gasteiger partial charge on any atom is -0.294 e. The van der Waals surface area contributed by atoms with Crippen molar-refractivity contribution in [1.82, 2.24) is 10.2 Å². The van der Waals surface area contributed by atoms with Gasteiger partial charge in [0.1, 0.15) is 0 Å². The number of aromatic nitrogens is 2. The Morgan fingerprint density at radius 2 is 2.00 bits per heavy atom. The summed E-state index contributed by atoms with van der Waals surface area (Å²) in [5.41, 5.74) is 4.25. The lowest BCUT2D eigenvalue weighted by Crippen LogP contribution is -2.27. The van der Waals surface area contributed by atoms with Crippen LogP contribution < -0.4 is 0 Å². The largest absolute Gasteiger partial charge is 0.294 e. The van der Waals surface area contributed by atoms with E-state index in [0.29, 0.717) is 18.4 Å². The maximum absolute atomic E-state index is 12.4. The fraction of sp³-hybridized carbons (Fsp3) is 0.353. The number of hydrogen-bond donors (Lipinski definition) is 1. The Kier molecular flexibility index (Phi) is 3.13. The molecule has 0 bridgehead atoms. The number of nitrogens with one attached hydrogen (secondary N) is 1. The van der Waals surface area contributed by atoms with Gasteiger partial charge in [0.15, 0.2) is 5.78 Å². The van der Waals surface area contributed by atoms with Gasteiger partial charge in [-0.1, -0.05) is 26.0 Å². The van der Waals surface area contributed by atoms with E-state index in [4.69, 9.17) is 5.26 Å². The maximum atomic E-state index is 12.4. The van der Waals surface area contributed by atoms with Crippen LogP contribution in [0.5, 0.6) is 0 Å². The van der Waals surface area contributed by atoms with Gasteiger partial charge in [-0.25, -0.2) is 0 Å². The van der Waals surface area contributed by atoms with Crippen molar-refractivity contribution >= 4 is 5.78 Å². The van der Waals surface area contributed by atoms with E-state index in [1.54, 1.807) is 12.1 Å². The first-order chi connectivity index (χ1) is 9.98. The van der Waals surface area contributed by atoms with Crippen molar-refractivity contribution in [2.45, 2.75) is 33.1 Å². The van der Waals surface area contributed by atoms with Gasteiger partial charge < -0.3 is 0 Å². The number of carbonyl (C=O) groups excluding carboxylic acids is 1. The Bertz CT molecular complexity index is 732. The normalized spacial score (nSPS) is 16.3. The molecule has 106 valence electrons. The highest BCUT2D eigenvalue weighted by Gasteiger charge is 2.34. The van der Waals surface area contributed by atoms with Crippen molar-refractivity contribution in [1.29, 1.82) is 5.26 Å². The standard InChI is InChI=1S/C17H17N3O/c1-17(2)8-14-16(15(21)9-17)13(19-20-14)7-11-3-5-12(10-18)6-4-11/h3-6H,7-9H2,1-2H3,(H,19,20). The first-order valence-electron chi connectivity index (χ1n) is 7.07. The lowest BCUT2D eigenvalue weighted by atomic mass is 9.75. The topological polar surface area (TPSA) is 69.5 Å². The lowest BCUT2D eigenvalue weighted by molar-refractivity contribution is 0.0911. The van der Waals surface area contributed by atoms with Crippen LogP contribution in [0, 0.1) is 16.7 Å². The lowest BCUT2D eigenvalue weighted by Gasteiger charge is -2.27. The van der Waals surface area contributed by atoms with Crippen LogP contribution in [0.25, 0.3) is 0 Å². The van der Waals surface area contributed by atoms with Gasteiger partial charge in [-0.15, -0.1) is 0 Å². The molecule has 0 unspecified atom stereocenters. The third-order valence-electron chi connectivity index (χ3n) is 3.94. The van der Waals surface area contributed by atoms with Crippen LogP contribution in [0.1, 0.15) is 53.1 Å². The van der Waals surface area contributed by atoms with Gasteiger partial charge in [-0.05, 0) is 29.5 Å². The minimum atomic E-state index is 0.00231. The summed E-state index contributed by atoms with van der Waals surface area (Å²) in [5, 5.41) is 16.2. The average molecular weight is 279 g/mol. The van der Waals surface area contributed by atoms with E-state index in [-0.39, 0.29) is 11.2 Å². The van der Waals surface area contributed by atoms with Crippen molar-refractivity contribution in [3.63, 3.8) is 0 Å². The second-order valence-corrected chi connectivity index (χ2v) is 6.45. The van der Waals surface area contributed by atoms with E-state index in [1.165, 1.54) is 0 Å². The Balaban J connectivity index is 1.90. The highest BCUT2D eigenvalue weighted by atomic mass is 16.1. The Morgan fingerprint density at radius 3 is 2.67 bits per heavy atom. The van der Waals surface area contributed by atoms with Gasteiger partial charge in [-0.2, -0.15) is 10.4 Å². The van der Waals surface area contributed by atoms with E-state index in [9.17, 15) is 4.79 Å². The number of carbonyl (C=O) groups is 1. The number of hydrogen-bond acceptors (Lipinski definition) is 3. The number of benzene rings is 1. The highest BCUT2D eigenvalue weighted by Crippen LogP contribution is 2.35. The smallest absolute Gasteiger partial charge is 0.167 e. The molecule has 3 rings (SSSR count). The first-order valence-corrected chi connectivity index (χ1v) is 7.07. The van der Waals surface area contributed by atoms with Gasteiger partial charge in [0.05, 0.1) is 22.9 Å². The molecule has 4 nitrogen and oxygen atoms in total. The zero-order valence-corrected chi connectivity index (χ0v) is 12.2. The number of rotatable bonds is 2. The molecule has 1 aliphatic carbocycles. The van der Waals surface area contributed by atoms with E-state index < -0.39 is 0 Å². The fourth-order valence-electron chi connectivity index (χ4n) is 2.96. The van der Waals surface area contributed by atoms with Crippen molar-refractivity contribution in [3.05, 3.63) is 52.3 Å². The van der Waals surface area contributed by atoms with Crippen LogP contribution in [-0.4, -0.2) is 16.0 Å².